The smallest absolute Gasteiger partial charge is 0.0829 e. The second-order valence-corrected chi connectivity index (χ2v) is 7.03. The molecule has 1 fully saturated rings. The molecule has 1 heterocycles. The summed E-state index contributed by atoms with van der Waals surface area (Å²) >= 11 is 0. The van der Waals surface area contributed by atoms with Crippen molar-refractivity contribution in [1.82, 2.24) is 15.1 Å². The standard InChI is InChI=1S/C17H37N3O.H2/c1-6-16(4)18-8-7-9-20-10-11-21-17(14-20)13-19(5)12-15(2)3;/h15-18H,6-14H2,1-5H3;1H. The van der Waals surface area contributed by atoms with Gasteiger partial charge in [-0.25, -0.2) is 0 Å². The number of morpholine rings is 1. The highest BCUT2D eigenvalue weighted by Crippen LogP contribution is 2.08. The molecule has 2 atom stereocenters. The molecular formula is C17H39N3O. The first kappa shape index (κ1) is 18.9. The van der Waals surface area contributed by atoms with E-state index in [4.69, 9.17) is 4.74 Å². The Hall–Kier alpha value is -0.160. The molecule has 0 aromatic carbocycles. The van der Waals surface area contributed by atoms with E-state index in [9.17, 15) is 0 Å². The SMILES string of the molecule is CCC(C)NCCCN1CCOC(CN(C)CC(C)C)C1.[HH]. The topological polar surface area (TPSA) is 27.7 Å². The summed E-state index contributed by atoms with van der Waals surface area (Å²) in [5, 5.41) is 3.57. The maximum Gasteiger partial charge on any atom is 0.0829 e. The Kier molecular flexibility index (Phi) is 9.49. The first-order valence-electron chi connectivity index (χ1n) is 8.77. The van der Waals surface area contributed by atoms with Gasteiger partial charge in [0.2, 0.25) is 0 Å². The number of likely N-dealkylation sites (N-methyl/N-ethyl adjacent to an activating group) is 1. The van der Waals surface area contributed by atoms with Crippen LogP contribution in [-0.2, 0) is 4.74 Å². The van der Waals surface area contributed by atoms with Crippen LogP contribution in [0.5, 0.6) is 0 Å². The molecule has 0 bridgehead atoms. The van der Waals surface area contributed by atoms with E-state index in [1.54, 1.807) is 0 Å². The van der Waals surface area contributed by atoms with Gasteiger partial charge in [-0.05, 0) is 45.8 Å². The summed E-state index contributed by atoms with van der Waals surface area (Å²) in [6, 6.07) is 0.645. The van der Waals surface area contributed by atoms with Crippen LogP contribution in [-0.4, -0.2) is 74.9 Å². The van der Waals surface area contributed by atoms with E-state index >= 15 is 0 Å². The summed E-state index contributed by atoms with van der Waals surface area (Å²) in [6.07, 6.45) is 2.82. The molecule has 0 aromatic rings. The summed E-state index contributed by atoms with van der Waals surface area (Å²) in [5.74, 6) is 0.723. The maximum absolute atomic E-state index is 5.92. The van der Waals surface area contributed by atoms with Crippen molar-refractivity contribution in [2.45, 2.75) is 52.7 Å². The van der Waals surface area contributed by atoms with Crippen molar-refractivity contribution in [3.63, 3.8) is 0 Å². The van der Waals surface area contributed by atoms with Crippen molar-refractivity contribution >= 4 is 0 Å². The van der Waals surface area contributed by atoms with Gasteiger partial charge in [-0.1, -0.05) is 20.8 Å². The van der Waals surface area contributed by atoms with Crippen LogP contribution in [0.3, 0.4) is 0 Å². The van der Waals surface area contributed by atoms with Crippen molar-refractivity contribution in [2.75, 3.05) is 52.9 Å². The van der Waals surface area contributed by atoms with E-state index in [0.29, 0.717) is 12.1 Å². The largest absolute Gasteiger partial charge is 0.374 e. The van der Waals surface area contributed by atoms with Gasteiger partial charge in [-0.3, -0.25) is 4.90 Å². The molecule has 0 spiro atoms. The third kappa shape index (κ3) is 8.77. The van der Waals surface area contributed by atoms with E-state index < -0.39 is 0 Å². The van der Waals surface area contributed by atoms with Crippen LogP contribution in [0.1, 0.15) is 42.0 Å². The van der Waals surface area contributed by atoms with E-state index in [1.165, 1.54) is 19.4 Å². The Morgan fingerprint density at radius 1 is 1.38 bits per heavy atom. The maximum atomic E-state index is 5.92. The average molecular weight is 302 g/mol. The molecule has 0 amide bonds. The van der Waals surface area contributed by atoms with Crippen LogP contribution >= 0.6 is 0 Å². The van der Waals surface area contributed by atoms with Gasteiger partial charge in [0.05, 0.1) is 12.7 Å². The van der Waals surface area contributed by atoms with Gasteiger partial charge in [-0.15, -0.1) is 0 Å². The quantitative estimate of drug-likeness (QED) is 0.627. The molecule has 128 valence electrons. The van der Waals surface area contributed by atoms with Crippen LogP contribution < -0.4 is 5.32 Å². The summed E-state index contributed by atoms with van der Waals surface area (Å²) in [6.45, 7) is 16.6. The predicted molar refractivity (Wildman–Crippen MR) is 93.0 cm³/mol. The fraction of sp³-hybridized carbons (Fsp3) is 1.00. The molecule has 1 saturated heterocycles. The number of hydrogen-bond donors (Lipinski definition) is 1. The highest BCUT2D eigenvalue weighted by Gasteiger charge is 2.21. The molecule has 0 aliphatic carbocycles. The fourth-order valence-corrected chi connectivity index (χ4v) is 2.93. The summed E-state index contributed by atoms with van der Waals surface area (Å²) in [4.78, 5) is 4.97. The van der Waals surface area contributed by atoms with Gasteiger partial charge in [-0.2, -0.15) is 0 Å². The number of nitrogens with zero attached hydrogens (tertiary/aromatic N) is 2. The van der Waals surface area contributed by atoms with Crippen molar-refractivity contribution in [3.8, 4) is 0 Å². The predicted octanol–water partition coefficient (Wildman–Crippen LogP) is 2.30. The Balaban J connectivity index is 0.00000441. The zero-order valence-electron chi connectivity index (χ0n) is 14.9. The minimum Gasteiger partial charge on any atom is -0.374 e. The number of nitrogens with one attached hydrogen (secondary N) is 1. The molecule has 0 saturated carbocycles. The average Bonchev–Trinajstić information content (AvgIpc) is 2.42. The molecule has 1 aliphatic heterocycles. The molecule has 0 aromatic heterocycles. The van der Waals surface area contributed by atoms with Crippen molar-refractivity contribution in [2.24, 2.45) is 5.92 Å². The number of rotatable bonds is 10. The Bertz CT molecular complexity index is 266. The zero-order valence-corrected chi connectivity index (χ0v) is 14.9. The van der Waals surface area contributed by atoms with Gasteiger partial charge < -0.3 is 15.0 Å². The first-order chi connectivity index (χ1) is 10.0. The molecule has 4 nitrogen and oxygen atoms in total. The number of ether oxygens (including phenoxy) is 1. The van der Waals surface area contributed by atoms with Gasteiger partial charge in [0.25, 0.3) is 0 Å². The second-order valence-electron chi connectivity index (χ2n) is 7.03. The van der Waals surface area contributed by atoms with Crippen LogP contribution in [0.25, 0.3) is 0 Å². The van der Waals surface area contributed by atoms with Crippen molar-refractivity contribution in [3.05, 3.63) is 0 Å². The third-order valence-corrected chi connectivity index (χ3v) is 4.17. The van der Waals surface area contributed by atoms with E-state index in [1.807, 2.05) is 0 Å². The monoisotopic (exact) mass is 301 g/mol. The summed E-state index contributed by atoms with van der Waals surface area (Å²) < 4.78 is 5.92. The highest BCUT2D eigenvalue weighted by atomic mass is 16.5. The fourth-order valence-electron chi connectivity index (χ4n) is 2.93. The lowest BCUT2D eigenvalue weighted by Gasteiger charge is -2.35. The van der Waals surface area contributed by atoms with Gasteiger partial charge in [0.1, 0.15) is 0 Å². The normalized spacial score (nSPS) is 22.1. The third-order valence-electron chi connectivity index (χ3n) is 4.17. The minimum absolute atomic E-state index is 0. The van der Waals surface area contributed by atoms with Crippen molar-refractivity contribution < 1.29 is 6.16 Å². The van der Waals surface area contributed by atoms with Gasteiger partial charge in [0, 0.05) is 33.6 Å². The lowest BCUT2D eigenvalue weighted by atomic mass is 10.2. The Morgan fingerprint density at radius 3 is 2.81 bits per heavy atom. The van der Waals surface area contributed by atoms with Gasteiger partial charge in [0.15, 0.2) is 0 Å². The molecule has 2 unspecified atom stereocenters. The molecule has 1 N–H and O–H groups in total. The molecular weight excluding hydrogens is 262 g/mol. The first-order valence-corrected chi connectivity index (χ1v) is 8.77. The summed E-state index contributed by atoms with van der Waals surface area (Å²) in [7, 11) is 2.21. The lowest BCUT2D eigenvalue weighted by Crippen LogP contribution is -2.47. The lowest BCUT2D eigenvalue weighted by molar-refractivity contribution is -0.0415. The zero-order chi connectivity index (χ0) is 15.7. The van der Waals surface area contributed by atoms with E-state index in [-0.39, 0.29) is 1.43 Å². The summed E-state index contributed by atoms with van der Waals surface area (Å²) in [5.41, 5.74) is 0. The highest BCUT2D eigenvalue weighted by molar-refractivity contribution is 4.74. The molecule has 0 radical (unpaired) electrons. The molecule has 1 rings (SSSR count). The van der Waals surface area contributed by atoms with Gasteiger partial charge >= 0.3 is 0 Å². The Morgan fingerprint density at radius 2 is 2.14 bits per heavy atom. The van der Waals surface area contributed by atoms with Crippen LogP contribution in [0, 0.1) is 5.92 Å². The molecule has 4 heteroatoms. The van der Waals surface area contributed by atoms with Crippen LogP contribution in [0.15, 0.2) is 0 Å². The molecule has 21 heavy (non-hydrogen) atoms. The second kappa shape index (κ2) is 10.5. The van der Waals surface area contributed by atoms with Crippen molar-refractivity contribution in [1.29, 1.82) is 0 Å². The van der Waals surface area contributed by atoms with Crippen LogP contribution in [0.4, 0.5) is 0 Å². The Labute approximate surface area is 133 Å². The molecule has 1 aliphatic rings. The van der Waals surface area contributed by atoms with E-state index in [2.05, 4.69) is 49.9 Å². The van der Waals surface area contributed by atoms with E-state index in [0.717, 1.165) is 45.2 Å². The minimum atomic E-state index is 0. The number of hydrogen-bond acceptors (Lipinski definition) is 4. The van der Waals surface area contributed by atoms with Crippen LogP contribution in [0.2, 0.25) is 0 Å².